The summed E-state index contributed by atoms with van der Waals surface area (Å²) in [5.74, 6) is 1.01. The molecule has 8 heteroatoms. The van der Waals surface area contributed by atoms with Crippen LogP contribution >= 0.6 is 11.9 Å². The predicted octanol–water partition coefficient (Wildman–Crippen LogP) is 7.89. The fraction of sp³-hybridized carbons (Fsp3) is 0.576. The summed E-state index contributed by atoms with van der Waals surface area (Å²) in [6.07, 6.45) is 4.87. The first kappa shape index (κ1) is 31.1. The van der Waals surface area contributed by atoms with Crippen LogP contribution in [0.4, 0.5) is 0 Å². The zero-order valence-electron chi connectivity index (χ0n) is 25.3. The molecule has 222 valence electrons. The lowest BCUT2D eigenvalue weighted by Crippen LogP contribution is -2.48. The molecular weight excluding hydrogens is 536 g/mol. The summed E-state index contributed by atoms with van der Waals surface area (Å²) in [6.45, 7) is 13.2. The molecule has 0 unspecified atom stereocenters. The van der Waals surface area contributed by atoms with E-state index >= 15 is 0 Å². The van der Waals surface area contributed by atoms with Crippen molar-refractivity contribution in [2.45, 2.75) is 103 Å². The number of esters is 1. The molecule has 41 heavy (non-hydrogen) atoms. The highest BCUT2D eigenvalue weighted by Gasteiger charge is 2.44. The molecule has 1 heterocycles. The van der Waals surface area contributed by atoms with Crippen molar-refractivity contribution in [2.75, 3.05) is 6.54 Å². The molecule has 0 bridgehead atoms. The maximum absolute atomic E-state index is 13.8. The molecule has 1 fully saturated rings. The van der Waals surface area contributed by atoms with Crippen LogP contribution in [0.5, 0.6) is 11.5 Å². The summed E-state index contributed by atoms with van der Waals surface area (Å²) in [7, 11) is 0. The Hall–Kier alpha value is -2.87. The van der Waals surface area contributed by atoms with Crippen LogP contribution in [-0.2, 0) is 22.6 Å². The van der Waals surface area contributed by atoms with Crippen molar-refractivity contribution in [3.05, 3.63) is 64.6 Å². The van der Waals surface area contributed by atoms with Crippen LogP contribution in [0.25, 0.3) is 0 Å². The third-order valence-electron chi connectivity index (χ3n) is 9.03. The molecule has 1 aliphatic carbocycles. The average Bonchev–Trinajstić information content (AvgIpc) is 3.32. The second kappa shape index (κ2) is 12.2. The van der Waals surface area contributed by atoms with E-state index in [9.17, 15) is 14.5 Å². The highest BCUT2D eigenvalue weighted by molar-refractivity contribution is 7.99. The van der Waals surface area contributed by atoms with Crippen LogP contribution in [0, 0.1) is 15.7 Å². The molecule has 2 aromatic carbocycles. The average molecular weight is 581 g/mol. The highest BCUT2D eigenvalue weighted by atomic mass is 32.2. The number of benzene rings is 2. The van der Waals surface area contributed by atoms with E-state index in [4.69, 9.17) is 9.47 Å². The first-order valence-corrected chi connectivity index (χ1v) is 15.4. The van der Waals surface area contributed by atoms with E-state index in [0.29, 0.717) is 18.8 Å². The van der Waals surface area contributed by atoms with Gasteiger partial charge in [-0.25, -0.2) is 0 Å². The molecule has 1 saturated carbocycles. The number of hydrogen-bond acceptors (Lipinski definition) is 7. The summed E-state index contributed by atoms with van der Waals surface area (Å²) in [5.41, 5.74) is 1.24. The Morgan fingerprint density at radius 2 is 1.71 bits per heavy atom. The Bertz CT molecular complexity index is 1250. The molecule has 0 radical (unpaired) electrons. The number of fused-ring (bicyclic) bond motifs is 1. The van der Waals surface area contributed by atoms with E-state index in [-0.39, 0.29) is 35.7 Å². The Morgan fingerprint density at radius 1 is 1.02 bits per heavy atom. The maximum Gasteiger partial charge on any atom is 0.311 e. The van der Waals surface area contributed by atoms with E-state index in [2.05, 4.69) is 32.3 Å². The summed E-state index contributed by atoms with van der Waals surface area (Å²) < 4.78 is 14.6. The van der Waals surface area contributed by atoms with E-state index in [0.717, 1.165) is 60.9 Å². The van der Waals surface area contributed by atoms with Crippen molar-refractivity contribution in [1.82, 2.24) is 4.90 Å². The molecular formula is C33H44N2O5S. The van der Waals surface area contributed by atoms with Gasteiger partial charge in [-0.1, -0.05) is 57.0 Å². The molecule has 0 spiro atoms. The van der Waals surface area contributed by atoms with Crippen LogP contribution < -0.4 is 9.47 Å². The molecule has 0 N–H and O–H groups in total. The number of ether oxygens (including phenoxy) is 2. The Morgan fingerprint density at radius 3 is 2.37 bits per heavy atom. The summed E-state index contributed by atoms with van der Waals surface area (Å²) >= 11 is 0.945. The minimum absolute atomic E-state index is 0.0149. The van der Waals surface area contributed by atoms with Gasteiger partial charge >= 0.3 is 5.97 Å². The SMILES string of the molecule is CC(C)(CN(Cc1ccccc1)C(=O)CC1(CC(=O)Oc2ccc3c(c2)CC(C)(C)C(C)(C)O3)CCCC1)SN=O. The third-order valence-corrected chi connectivity index (χ3v) is 9.72. The first-order chi connectivity index (χ1) is 19.2. The minimum Gasteiger partial charge on any atom is -0.487 e. The molecule has 4 rings (SSSR count). The van der Waals surface area contributed by atoms with Gasteiger partial charge in [0.05, 0.1) is 11.2 Å². The fourth-order valence-corrected chi connectivity index (χ4v) is 6.45. The summed E-state index contributed by atoms with van der Waals surface area (Å²) in [6, 6.07) is 15.4. The van der Waals surface area contributed by atoms with Crippen molar-refractivity contribution in [3.63, 3.8) is 0 Å². The van der Waals surface area contributed by atoms with Crippen molar-refractivity contribution < 1.29 is 19.1 Å². The van der Waals surface area contributed by atoms with Gasteiger partial charge in [0.2, 0.25) is 5.91 Å². The Balaban J connectivity index is 1.47. The zero-order valence-corrected chi connectivity index (χ0v) is 26.1. The van der Waals surface area contributed by atoms with Gasteiger partial charge < -0.3 is 14.4 Å². The number of nitrogens with zero attached hydrogens (tertiary/aromatic N) is 2. The lowest BCUT2D eigenvalue weighted by atomic mass is 9.71. The van der Waals surface area contributed by atoms with Gasteiger partial charge in [0.1, 0.15) is 17.1 Å². The molecule has 7 nitrogen and oxygen atoms in total. The van der Waals surface area contributed by atoms with E-state index in [1.54, 1.807) is 6.07 Å². The zero-order chi connectivity index (χ0) is 29.9. The minimum atomic E-state index is -0.534. The second-order valence-electron chi connectivity index (χ2n) is 13.6. The lowest BCUT2D eigenvalue weighted by molar-refractivity contribution is -0.140. The van der Waals surface area contributed by atoms with Crippen molar-refractivity contribution in [3.8, 4) is 11.5 Å². The predicted molar refractivity (Wildman–Crippen MR) is 164 cm³/mol. The lowest BCUT2D eigenvalue weighted by Gasteiger charge is -2.46. The van der Waals surface area contributed by atoms with Crippen molar-refractivity contribution >= 4 is 23.8 Å². The van der Waals surface area contributed by atoms with Gasteiger partial charge in [0.25, 0.3) is 0 Å². The van der Waals surface area contributed by atoms with E-state index in [1.165, 1.54) is 0 Å². The number of amides is 1. The first-order valence-electron chi connectivity index (χ1n) is 14.6. The number of carbonyl (C=O) groups excluding carboxylic acids is 2. The number of nitroso groups, excluding NO2 is 1. The highest BCUT2D eigenvalue weighted by Crippen LogP contribution is 2.47. The normalized spacial score (nSPS) is 18.6. The molecule has 1 amide bonds. The number of hydrogen-bond donors (Lipinski definition) is 0. The smallest absolute Gasteiger partial charge is 0.311 e. The van der Waals surface area contributed by atoms with Crippen LogP contribution in [-0.4, -0.2) is 33.7 Å². The van der Waals surface area contributed by atoms with Gasteiger partial charge in [0, 0.05) is 41.5 Å². The monoisotopic (exact) mass is 580 g/mol. The largest absolute Gasteiger partial charge is 0.487 e. The van der Waals surface area contributed by atoms with Crippen LogP contribution in [0.1, 0.15) is 91.2 Å². The standard InChI is InChI=1S/C33H44N2O5S/c1-30(2)19-25-18-26(14-15-27(25)40-32(30,5)6)39-29(37)21-33(16-10-11-17-33)20-28(36)35(23-31(3,4)41-34-38)22-24-12-8-7-9-13-24/h7-9,12-15,18H,10-11,16-17,19-23H2,1-6H3. The van der Waals surface area contributed by atoms with Crippen LogP contribution in [0.15, 0.2) is 53.1 Å². The van der Waals surface area contributed by atoms with Crippen molar-refractivity contribution in [2.24, 2.45) is 15.4 Å². The van der Waals surface area contributed by atoms with E-state index < -0.39 is 10.2 Å². The molecule has 0 saturated heterocycles. The third kappa shape index (κ3) is 7.70. The van der Waals surface area contributed by atoms with Gasteiger partial charge in [0.15, 0.2) is 0 Å². The molecule has 2 aliphatic rings. The molecule has 1 aliphatic heterocycles. The van der Waals surface area contributed by atoms with Gasteiger partial charge in [-0.3, -0.25) is 9.59 Å². The van der Waals surface area contributed by atoms with Gasteiger partial charge in [-0.15, -0.1) is 4.91 Å². The number of rotatable bonds is 11. The van der Waals surface area contributed by atoms with Gasteiger partial charge in [-0.2, -0.15) is 0 Å². The Labute approximate surface area is 248 Å². The second-order valence-corrected chi connectivity index (χ2v) is 15.1. The quantitative estimate of drug-likeness (QED) is 0.116. The molecule has 0 atom stereocenters. The van der Waals surface area contributed by atoms with Crippen molar-refractivity contribution in [1.29, 1.82) is 0 Å². The fourth-order valence-electron chi connectivity index (χ4n) is 6.03. The van der Waals surface area contributed by atoms with Crippen LogP contribution in [0.2, 0.25) is 0 Å². The summed E-state index contributed by atoms with van der Waals surface area (Å²) in [4.78, 5) is 40.0. The number of carbonyl (C=O) groups is 2. The molecule has 0 aromatic heterocycles. The van der Waals surface area contributed by atoms with E-state index in [1.807, 2.05) is 61.2 Å². The summed E-state index contributed by atoms with van der Waals surface area (Å²) in [5, 5.41) is 0. The van der Waals surface area contributed by atoms with Crippen LogP contribution in [0.3, 0.4) is 0 Å². The maximum atomic E-state index is 13.8. The molecule has 2 aromatic rings. The Kier molecular flexibility index (Phi) is 9.22. The van der Waals surface area contributed by atoms with Gasteiger partial charge in [-0.05, 0) is 81.7 Å². The topological polar surface area (TPSA) is 85.3 Å².